The molecule has 2 amide bonds. The van der Waals surface area contributed by atoms with Gasteiger partial charge in [0.25, 0.3) is 5.91 Å². The molecule has 5 heteroatoms. The van der Waals surface area contributed by atoms with Crippen molar-refractivity contribution >= 4 is 23.2 Å². The second-order valence-corrected chi connectivity index (χ2v) is 5.46. The Balaban J connectivity index is 1.77. The minimum atomic E-state index is -0.173. The third-order valence-electron chi connectivity index (χ3n) is 3.84. The maximum atomic E-state index is 12.4. The first-order valence-electron chi connectivity index (χ1n) is 7.54. The lowest BCUT2D eigenvalue weighted by Crippen LogP contribution is -2.13. The molecule has 2 N–H and O–H groups in total. The molecule has 3 rings (SSSR count). The van der Waals surface area contributed by atoms with Crippen LogP contribution in [-0.2, 0) is 11.2 Å². The van der Waals surface area contributed by atoms with Crippen molar-refractivity contribution in [3.8, 4) is 5.75 Å². The number of hydrogen-bond acceptors (Lipinski definition) is 3. The minimum Gasteiger partial charge on any atom is -0.497 e. The summed E-state index contributed by atoms with van der Waals surface area (Å²) in [5, 5.41) is 5.73. The number of ether oxygens (including phenoxy) is 1. The normalized spacial score (nSPS) is 13.5. The van der Waals surface area contributed by atoms with Crippen molar-refractivity contribution in [2.45, 2.75) is 19.3 Å². The van der Waals surface area contributed by atoms with Gasteiger partial charge in [-0.05, 0) is 60.9 Å². The summed E-state index contributed by atoms with van der Waals surface area (Å²) in [7, 11) is 1.60. The number of rotatable bonds is 3. The van der Waals surface area contributed by atoms with Gasteiger partial charge in [0, 0.05) is 23.4 Å². The SMILES string of the molecule is COc1ccc(NC(=O)c2ccc3c(c2)CCCC(=O)N3)cc1. The molecule has 0 aromatic heterocycles. The quantitative estimate of drug-likeness (QED) is 0.914. The lowest BCUT2D eigenvalue weighted by Gasteiger charge is -2.10. The molecule has 0 aliphatic carbocycles. The second-order valence-electron chi connectivity index (χ2n) is 5.46. The Morgan fingerprint density at radius 3 is 2.65 bits per heavy atom. The van der Waals surface area contributed by atoms with Gasteiger partial charge < -0.3 is 15.4 Å². The van der Waals surface area contributed by atoms with Crippen LogP contribution in [0.25, 0.3) is 0 Å². The van der Waals surface area contributed by atoms with Crippen LogP contribution in [0.3, 0.4) is 0 Å². The van der Waals surface area contributed by atoms with E-state index in [1.165, 1.54) is 0 Å². The van der Waals surface area contributed by atoms with E-state index in [9.17, 15) is 9.59 Å². The van der Waals surface area contributed by atoms with Gasteiger partial charge in [0.05, 0.1) is 7.11 Å². The lowest BCUT2D eigenvalue weighted by molar-refractivity contribution is -0.116. The van der Waals surface area contributed by atoms with Crippen molar-refractivity contribution in [3.05, 3.63) is 53.6 Å². The fourth-order valence-corrected chi connectivity index (χ4v) is 2.59. The molecule has 0 radical (unpaired) electrons. The number of carbonyl (C=O) groups is 2. The molecule has 0 unspecified atom stereocenters. The standard InChI is InChI=1S/C18H18N2O3/c1-23-15-8-6-14(7-9-15)19-18(22)13-5-10-16-12(11-13)3-2-4-17(21)20-16/h5-11H,2-4H2,1H3,(H,19,22)(H,20,21). The zero-order valence-corrected chi connectivity index (χ0v) is 12.9. The number of carbonyl (C=O) groups excluding carboxylic acids is 2. The van der Waals surface area contributed by atoms with Gasteiger partial charge in [-0.1, -0.05) is 0 Å². The second kappa shape index (κ2) is 6.52. The topological polar surface area (TPSA) is 67.4 Å². The predicted octanol–water partition coefficient (Wildman–Crippen LogP) is 3.22. The zero-order valence-electron chi connectivity index (χ0n) is 12.9. The van der Waals surface area contributed by atoms with Gasteiger partial charge in [-0.25, -0.2) is 0 Å². The van der Waals surface area contributed by atoms with E-state index in [2.05, 4.69) is 10.6 Å². The predicted molar refractivity (Wildman–Crippen MR) is 89.0 cm³/mol. The number of methoxy groups -OCH3 is 1. The number of aryl methyl sites for hydroxylation is 1. The van der Waals surface area contributed by atoms with Gasteiger partial charge >= 0.3 is 0 Å². The molecule has 118 valence electrons. The average molecular weight is 310 g/mol. The van der Waals surface area contributed by atoms with Crippen molar-refractivity contribution in [2.75, 3.05) is 17.7 Å². The molecule has 0 atom stereocenters. The molecule has 0 saturated carbocycles. The van der Waals surface area contributed by atoms with E-state index < -0.39 is 0 Å². The fourth-order valence-electron chi connectivity index (χ4n) is 2.59. The molecule has 0 spiro atoms. The Bertz CT molecular complexity index is 738. The summed E-state index contributed by atoms with van der Waals surface area (Å²) in [5.41, 5.74) is 3.08. The van der Waals surface area contributed by atoms with Gasteiger partial charge in [-0.15, -0.1) is 0 Å². The summed E-state index contributed by atoms with van der Waals surface area (Å²) in [5.74, 6) is 0.594. The first kappa shape index (κ1) is 15.1. The highest BCUT2D eigenvalue weighted by molar-refractivity contribution is 6.05. The van der Waals surface area contributed by atoms with Crippen LogP contribution in [0.4, 0.5) is 11.4 Å². The largest absolute Gasteiger partial charge is 0.497 e. The van der Waals surface area contributed by atoms with E-state index in [0.717, 1.165) is 29.8 Å². The van der Waals surface area contributed by atoms with E-state index in [1.54, 1.807) is 43.5 Å². The lowest BCUT2D eigenvalue weighted by atomic mass is 10.0. The fraction of sp³-hybridized carbons (Fsp3) is 0.222. The molecule has 0 saturated heterocycles. The minimum absolute atomic E-state index is 0.0270. The highest BCUT2D eigenvalue weighted by Crippen LogP contribution is 2.24. The van der Waals surface area contributed by atoms with Crippen LogP contribution in [0.5, 0.6) is 5.75 Å². The van der Waals surface area contributed by atoms with Gasteiger partial charge in [0.1, 0.15) is 5.75 Å². The van der Waals surface area contributed by atoms with Crippen LogP contribution in [0, 0.1) is 0 Å². The van der Waals surface area contributed by atoms with Crippen LogP contribution >= 0.6 is 0 Å². The zero-order chi connectivity index (χ0) is 16.2. The third kappa shape index (κ3) is 3.51. The van der Waals surface area contributed by atoms with E-state index in [-0.39, 0.29) is 11.8 Å². The van der Waals surface area contributed by atoms with E-state index in [0.29, 0.717) is 17.7 Å². The third-order valence-corrected chi connectivity index (χ3v) is 3.84. The number of nitrogens with one attached hydrogen (secondary N) is 2. The molecule has 5 nitrogen and oxygen atoms in total. The molecular formula is C18H18N2O3. The monoisotopic (exact) mass is 310 g/mol. The molecule has 2 aromatic rings. The Morgan fingerprint density at radius 2 is 1.91 bits per heavy atom. The number of anilines is 2. The maximum absolute atomic E-state index is 12.4. The van der Waals surface area contributed by atoms with Gasteiger partial charge in [0.15, 0.2) is 0 Å². The van der Waals surface area contributed by atoms with Crippen LogP contribution in [0.1, 0.15) is 28.8 Å². The van der Waals surface area contributed by atoms with Crippen molar-refractivity contribution in [2.24, 2.45) is 0 Å². The molecule has 1 aliphatic rings. The number of amides is 2. The molecule has 0 bridgehead atoms. The average Bonchev–Trinajstić information content (AvgIpc) is 2.75. The summed E-state index contributed by atoms with van der Waals surface area (Å²) in [6.07, 6.45) is 2.10. The van der Waals surface area contributed by atoms with Crippen molar-refractivity contribution in [1.29, 1.82) is 0 Å². The van der Waals surface area contributed by atoms with Gasteiger partial charge in [-0.3, -0.25) is 9.59 Å². The van der Waals surface area contributed by atoms with Crippen LogP contribution in [0.2, 0.25) is 0 Å². The van der Waals surface area contributed by atoms with Crippen LogP contribution < -0.4 is 15.4 Å². The van der Waals surface area contributed by atoms with Crippen LogP contribution in [-0.4, -0.2) is 18.9 Å². The molecule has 1 aliphatic heterocycles. The summed E-state index contributed by atoms with van der Waals surface area (Å²) in [6.45, 7) is 0. The van der Waals surface area contributed by atoms with E-state index in [4.69, 9.17) is 4.74 Å². The summed E-state index contributed by atoms with van der Waals surface area (Å²) in [6, 6.07) is 12.5. The highest BCUT2D eigenvalue weighted by Gasteiger charge is 2.15. The van der Waals surface area contributed by atoms with Gasteiger partial charge in [-0.2, -0.15) is 0 Å². The Morgan fingerprint density at radius 1 is 1.13 bits per heavy atom. The van der Waals surface area contributed by atoms with Crippen LogP contribution in [0.15, 0.2) is 42.5 Å². The smallest absolute Gasteiger partial charge is 0.255 e. The van der Waals surface area contributed by atoms with Crippen molar-refractivity contribution in [3.63, 3.8) is 0 Å². The van der Waals surface area contributed by atoms with E-state index >= 15 is 0 Å². The molecule has 2 aromatic carbocycles. The Hall–Kier alpha value is -2.82. The Kier molecular flexibility index (Phi) is 4.28. The molecule has 1 heterocycles. The van der Waals surface area contributed by atoms with Crippen molar-refractivity contribution in [1.82, 2.24) is 0 Å². The first-order chi connectivity index (χ1) is 11.2. The van der Waals surface area contributed by atoms with E-state index in [1.807, 2.05) is 6.07 Å². The number of benzene rings is 2. The van der Waals surface area contributed by atoms with Crippen molar-refractivity contribution < 1.29 is 14.3 Å². The highest BCUT2D eigenvalue weighted by atomic mass is 16.5. The number of hydrogen-bond donors (Lipinski definition) is 2. The molecule has 23 heavy (non-hydrogen) atoms. The molecule has 0 fully saturated rings. The Labute approximate surface area is 134 Å². The van der Waals surface area contributed by atoms with Gasteiger partial charge in [0.2, 0.25) is 5.91 Å². The summed E-state index contributed by atoms with van der Waals surface area (Å²) in [4.78, 5) is 23.9. The number of fused-ring (bicyclic) bond motifs is 1. The maximum Gasteiger partial charge on any atom is 0.255 e. The summed E-state index contributed by atoms with van der Waals surface area (Å²) >= 11 is 0. The molecular weight excluding hydrogens is 292 g/mol. The first-order valence-corrected chi connectivity index (χ1v) is 7.54. The summed E-state index contributed by atoms with van der Waals surface area (Å²) < 4.78 is 5.09.